The van der Waals surface area contributed by atoms with Gasteiger partial charge in [-0.05, 0) is 28.8 Å². The van der Waals surface area contributed by atoms with Gasteiger partial charge in [0.15, 0.2) is 5.82 Å². The highest BCUT2D eigenvalue weighted by Crippen LogP contribution is 2.07. The van der Waals surface area contributed by atoms with Crippen LogP contribution in [0.25, 0.3) is 0 Å². The van der Waals surface area contributed by atoms with Crippen LogP contribution in [0.2, 0.25) is 0 Å². The Kier molecular flexibility index (Phi) is 5.57. The summed E-state index contributed by atoms with van der Waals surface area (Å²) in [7, 11) is 0. The van der Waals surface area contributed by atoms with Gasteiger partial charge >= 0.3 is 0 Å². The van der Waals surface area contributed by atoms with E-state index in [1.165, 1.54) is 12.4 Å². The van der Waals surface area contributed by atoms with E-state index in [1.54, 1.807) is 0 Å². The van der Waals surface area contributed by atoms with Crippen LogP contribution in [0, 0.1) is 0 Å². The topological polar surface area (TPSA) is 54.9 Å². The number of hydrogen-bond acceptors (Lipinski definition) is 3. The second-order valence-electron chi connectivity index (χ2n) is 2.92. The Hall–Kier alpha value is -0.680. The van der Waals surface area contributed by atoms with E-state index in [1.807, 2.05) is 0 Å². The van der Waals surface area contributed by atoms with E-state index in [9.17, 15) is 4.79 Å². The smallest absolute Gasteiger partial charge is 0.225 e. The third-order valence-electron chi connectivity index (χ3n) is 1.68. The summed E-state index contributed by atoms with van der Waals surface area (Å²) in [5.74, 6) is 0.997. The molecule has 1 heterocycles. The molecule has 0 aromatic carbocycles. The highest BCUT2D eigenvalue weighted by molar-refractivity contribution is 9.10. The van der Waals surface area contributed by atoms with E-state index in [0.29, 0.717) is 22.7 Å². The minimum absolute atomic E-state index is 0.0586. The van der Waals surface area contributed by atoms with Crippen LogP contribution in [0.5, 0.6) is 0 Å². The molecule has 1 aromatic rings. The number of carbonyl (C=O) groups excluding carboxylic acids is 1. The van der Waals surface area contributed by atoms with Crippen LogP contribution in [0.4, 0.5) is 5.82 Å². The van der Waals surface area contributed by atoms with Crippen molar-refractivity contribution in [2.24, 2.45) is 0 Å². The standard InChI is InChI=1S/C9H11BrClN3O/c10-7-5-13-8(6-12-7)14-9(15)3-1-2-4-11/h5-6H,1-4H2,(H,13,14,15). The van der Waals surface area contributed by atoms with Crippen molar-refractivity contribution < 1.29 is 4.79 Å². The van der Waals surface area contributed by atoms with Crippen molar-refractivity contribution >= 4 is 39.3 Å². The van der Waals surface area contributed by atoms with Gasteiger partial charge in [0.1, 0.15) is 4.60 Å². The average Bonchev–Trinajstić information content (AvgIpc) is 2.22. The summed E-state index contributed by atoms with van der Waals surface area (Å²) < 4.78 is 0.641. The lowest BCUT2D eigenvalue weighted by molar-refractivity contribution is -0.116. The first-order valence-corrected chi connectivity index (χ1v) is 5.88. The van der Waals surface area contributed by atoms with Crippen LogP contribution < -0.4 is 5.32 Å². The number of nitrogens with zero attached hydrogens (tertiary/aromatic N) is 2. The predicted octanol–water partition coefficient (Wildman–Crippen LogP) is 2.59. The number of amides is 1. The minimum atomic E-state index is -0.0586. The molecular formula is C9H11BrClN3O. The highest BCUT2D eigenvalue weighted by atomic mass is 79.9. The Balaban J connectivity index is 2.34. The quantitative estimate of drug-likeness (QED) is 0.670. The fourth-order valence-corrected chi connectivity index (χ4v) is 1.36. The van der Waals surface area contributed by atoms with Gasteiger partial charge in [0.25, 0.3) is 0 Å². The van der Waals surface area contributed by atoms with Crippen molar-refractivity contribution in [3.05, 3.63) is 17.0 Å². The fourth-order valence-electron chi connectivity index (χ4n) is 0.962. The summed E-state index contributed by atoms with van der Waals surface area (Å²) in [6.45, 7) is 0. The first-order chi connectivity index (χ1) is 7.22. The molecule has 0 fully saturated rings. The van der Waals surface area contributed by atoms with Crippen molar-refractivity contribution in [2.45, 2.75) is 19.3 Å². The molecule has 0 saturated heterocycles. The molecule has 1 N–H and O–H groups in total. The Morgan fingerprint density at radius 2 is 2.20 bits per heavy atom. The third-order valence-corrected chi connectivity index (χ3v) is 2.35. The molecule has 6 heteroatoms. The molecule has 0 saturated carbocycles. The highest BCUT2D eigenvalue weighted by Gasteiger charge is 2.02. The van der Waals surface area contributed by atoms with Gasteiger partial charge in [-0.1, -0.05) is 0 Å². The molecule has 1 aromatic heterocycles. The van der Waals surface area contributed by atoms with Gasteiger partial charge in [0, 0.05) is 12.3 Å². The molecule has 15 heavy (non-hydrogen) atoms. The Morgan fingerprint density at radius 3 is 2.80 bits per heavy atom. The predicted molar refractivity (Wildman–Crippen MR) is 62.9 cm³/mol. The SMILES string of the molecule is O=C(CCCCCl)Nc1cnc(Br)cn1. The maximum Gasteiger partial charge on any atom is 0.225 e. The number of nitrogens with one attached hydrogen (secondary N) is 1. The van der Waals surface area contributed by atoms with E-state index in [2.05, 4.69) is 31.2 Å². The molecule has 4 nitrogen and oxygen atoms in total. The van der Waals surface area contributed by atoms with Gasteiger partial charge < -0.3 is 5.32 Å². The van der Waals surface area contributed by atoms with Crippen molar-refractivity contribution in [3.63, 3.8) is 0 Å². The zero-order valence-electron chi connectivity index (χ0n) is 8.04. The fraction of sp³-hybridized carbons (Fsp3) is 0.444. The lowest BCUT2D eigenvalue weighted by Gasteiger charge is -2.02. The van der Waals surface area contributed by atoms with Gasteiger partial charge in [-0.3, -0.25) is 4.79 Å². The maximum atomic E-state index is 11.3. The van der Waals surface area contributed by atoms with Crippen molar-refractivity contribution in [1.29, 1.82) is 0 Å². The lowest BCUT2D eigenvalue weighted by atomic mass is 10.2. The summed E-state index contributed by atoms with van der Waals surface area (Å²) >= 11 is 8.67. The summed E-state index contributed by atoms with van der Waals surface area (Å²) in [5.41, 5.74) is 0. The molecule has 0 radical (unpaired) electrons. The number of unbranched alkanes of at least 4 members (excludes halogenated alkanes) is 1. The molecule has 0 aliphatic carbocycles. The van der Waals surface area contributed by atoms with Crippen LogP contribution in [-0.2, 0) is 4.79 Å². The second-order valence-corrected chi connectivity index (χ2v) is 4.11. The average molecular weight is 293 g/mol. The molecular weight excluding hydrogens is 281 g/mol. The summed E-state index contributed by atoms with van der Waals surface area (Å²) in [6.07, 6.45) is 5.14. The van der Waals surface area contributed by atoms with Crippen LogP contribution in [0.1, 0.15) is 19.3 Å². The van der Waals surface area contributed by atoms with Crippen LogP contribution in [-0.4, -0.2) is 21.8 Å². The molecule has 1 amide bonds. The van der Waals surface area contributed by atoms with Crippen LogP contribution in [0.3, 0.4) is 0 Å². The number of rotatable bonds is 5. The molecule has 0 spiro atoms. The number of halogens is 2. The number of anilines is 1. The van der Waals surface area contributed by atoms with Crippen molar-refractivity contribution in [1.82, 2.24) is 9.97 Å². The molecule has 0 aliphatic heterocycles. The number of carbonyl (C=O) groups is 1. The Labute approximate surface area is 102 Å². The first-order valence-electron chi connectivity index (χ1n) is 4.55. The summed E-state index contributed by atoms with van der Waals surface area (Å²) in [5, 5.41) is 2.65. The summed E-state index contributed by atoms with van der Waals surface area (Å²) in [6, 6.07) is 0. The molecule has 0 atom stereocenters. The zero-order valence-corrected chi connectivity index (χ0v) is 10.4. The van der Waals surface area contributed by atoms with Crippen molar-refractivity contribution in [3.8, 4) is 0 Å². The Bertz CT molecular complexity index is 318. The van der Waals surface area contributed by atoms with Crippen LogP contribution >= 0.6 is 27.5 Å². The third kappa shape index (κ3) is 5.09. The monoisotopic (exact) mass is 291 g/mol. The van der Waals surface area contributed by atoms with Gasteiger partial charge in [0.05, 0.1) is 12.4 Å². The number of alkyl halides is 1. The maximum absolute atomic E-state index is 11.3. The minimum Gasteiger partial charge on any atom is -0.309 e. The largest absolute Gasteiger partial charge is 0.309 e. The van der Waals surface area contributed by atoms with Crippen molar-refractivity contribution in [2.75, 3.05) is 11.2 Å². The molecule has 1 rings (SSSR count). The van der Waals surface area contributed by atoms with Crippen LogP contribution in [0.15, 0.2) is 17.0 Å². The van der Waals surface area contributed by atoms with E-state index in [-0.39, 0.29) is 5.91 Å². The zero-order chi connectivity index (χ0) is 11.1. The van der Waals surface area contributed by atoms with Gasteiger partial charge in [-0.25, -0.2) is 9.97 Å². The second kappa shape index (κ2) is 6.74. The van der Waals surface area contributed by atoms with E-state index >= 15 is 0 Å². The van der Waals surface area contributed by atoms with Gasteiger partial charge in [0.2, 0.25) is 5.91 Å². The molecule has 0 aliphatic rings. The summed E-state index contributed by atoms with van der Waals surface area (Å²) in [4.78, 5) is 19.3. The first kappa shape index (κ1) is 12.4. The van der Waals surface area contributed by atoms with E-state index in [0.717, 1.165) is 12.8 Å². The molecule has 82 valence electrons. The number of aromatic nitrogens is 2. The normalized spacial score (nSPS) is 10.0. The lowest BCUT2D eigenvalue weighted by Crippen LogP contribution is -2.12. The van der Waals surface area contributed by atoms with Gasteiger partial charge in [-0.15, -0.1) is 11.6 Å². The molecule has 0 unspecified atom stereocenters. The molecule has 0 bridgehead atoms. The van der Waals surface area contributed by atoms with E-state index in [4.69, 9.17) is 11.6 Å². The van der Waals surface area contributed by atoms with Gasteiger partial charge in [-0.2, -0.15) is 0 Å². The number of hydrogen-bond donors (Lipinski definition) is 1. The Morgan fingerprint density at radius 1 is 1.40 bits per heavy atom. The van der Waals surface area contributed by atoms with E-state index < -0.39 is 0 Å².